The van der Waals surface area contributed by atoms with Gasteiger partial charge in [0.15, 0.2) is 0 Å². The van der Waals surface area contributed by atoms with Gasteiger partial charge in [-0.25, -0.2) is 0 Å². The van der Waals surface area contributed by atoms with Gasteiger partial charge in [0.05, 0.1) is 16.9 Å². The fourth-order valence-electron chi connectivity index (χ4n) is 4.81. The van der Waals surface area contributed by atoms with Crippen LogP contribution in [0.2, 0.25) is 0 Å². The lowest BCUT2D eigenvalue weighted by atomic mass is 10.1. The van der Waals surface area contributed by atoms with Crippen LogP contribution in [-0.2, 0) is 13.0 Å². The lowest BCUT2D eigenvalue weighted by molar-refractivity contribution is 0.0713. The Morgan fingerprint density at radius 1 is 0.828 bits per heavy atom. The summed E-state index contributed by atoms with van der Waals surface area (Å²) < 4.78 is 0. The molecule has 1 fully saturated rings. The summed E-state index contributed by atoms with van der Waals surface area (Å²) in [5.74, 6) is 0.208. The second-order valence-electron chi connectivity index (χ2n) is 8.28. The molecule has 0 N–H and O–H groups in total. The van der Waals surface area contributed by atoms with E-state index in [2.05, 4.69) is 42.8 Å². The predicted molar refractivity (Wildman–Crippen MR) is 114 cm³/mol. The zero-order chi connectivity index (χ0) is 19.6. The van der Waals surface area contributed by atoms with Gasteiger partial charge in [-0.15, -0.1) is 0 Å². The predicted octanol–water partition coefficient (Wildman–Crippen LogP) is 1.72. The molecule has 0 unspecified atom stereocenters. The Morgan fingerprint density at radius 3 is 2.52 bits per heavy atom. The minimum absolute atomic E-state index is 0.208. The molecular formula is C23H29N5O. The van der Waals surface area contributed by atoms with Gasteiger partial charge in [-0.3, -0.25) is 19.6 Å². The van der Waals surface area contributed by atoms with Crippen LogP contribution in [0.25, 0.3) is 0 Å². The highest BCUT2D eigenvalue weighted by Gasteiger charge is 2.31. The van der Waals surface area contributed by atoms with Gasteiger partial charge >= 0.3 is 0 Å². The summed E-state index contributed by atoms with van der Waals surface area (Å²) in [6.45, 7) is 9.76. The van der Waals surface area contributed by atoms with Crippen molar-refractivity contribution in [3.05, 3.63) is 59.4 Å². The average Bonchev–Trinajstić information content (AvgIpc) is 3.12. The number of rotatable bonds is 5. The molecule has 3 aliphatic heterocycles. The first-order valence-corrected chi connectivity index (χ1v) is 10.8. The molecule has 2 aromatic rings. The Balaban J connectivity index is 1.15. The molecule has 3 aliphatic rings. The Labute approximate surface area is 172 Å². The van der Waals surface area contributed by atoms with Gasteiger partial charge in [0.2, 0.25) is 0 Å². The molecule has 0 aliphatic carbocycles. The maximum atomic E-state index is 13.2. The lowest BCUT2D eigenvalue weighted by Crippen LogP contribution is -2.49. The van der Waals surface area contributed by atoms with Crippen LogP contribution in [0.1, 0.15) is 21.6 Å². The van der Waals surface area contributed by atoms with Crippen molar-refractivity contribution in [2.45, 2.75) is 13.0 Å². The number of carbonyl (C=O) groups is 1. The van der Waals surface area contributed by atoms with Crippen LogP contribution in [0.15, 0.2) is 42.6 Å². The van der Waals surface area contributed by atoms with Crippen molar-refractivity contribution in [1.29, 1.82) is 0 Å². The quantitative estimate of drug-likeness (QED) is 0.777. The van der Waals surface area contributed by atoms with Crippen molar-refractivity contribution in [1.82, 2.24) is 19.7 Å². The largest absolute Gasteiger partial charge is 0.369 e. The number of nitrogens with zero attached hydrogens (tertiary/aromatic N) is 5. The summed E-state index contributed by atoms with van der Waals surface area (Å²) >= 11 is 0. The van der Waals surface area contributed by atoms with E-state index in [1.54, 1.807) is 0 Å². The van der Waals surface area contributed by atoms with Crippen molar-refractivity contribution < 1.29 is 4.79 Å². The SMILES string of the molecule is O=C1c2cccc3c2N(CC3)CCN1CCN1CCN(Cc2ccccn2)CC1. The molecule has 1 aromatic heterocycles. The molecule has 6 nitrogen and oxygen atoms in total. The van der Waals surface area contributed by atoms with Gasteiger partial charge in [-0.05, 0) is 30.2 Å². The smallest absolute Gasteiger partial charge is 0.256 e. The van der Waals surface area contributed by atoms with Crippen LogP contribution >= 0.6 is 0 Å². The molecular weight excluding hydrogens is 362 g/mol. The van der Waals surface area contributed by atoms with Crippen LogP contribution in [0, 0.1) is 0 Å². The van der Waals surface area contributed by atoms with Crippen molar-refractivity contribution in [2.75, 3.05) is 63.8 Å². The molecule has 1 amide bonds. The Bertz CT molecular complexity index is 863. The molecule has 1 aromatic carbocycles. The molecule has 0 spiro atoms. The summed E-state index contributed by atoms with van der Waals surface area (Å²) in [7, 11) is 0. The molecule has 29 heavy (non-hydrogen) atoms. The first-order chi connectivity index (χ1) is 14.3. The third-order valence-electron chi connectivity index (χ3n) is 6.51. The molecule has 0 saturated carbocycles. The maximum absolute atomic E-state index is 13.2. The number of hydrogen-bond donors (Lipinski definition) is 0. The molecule has 0 bridgehead atoms. The number of aromatic nitrogens is 1. The Morgan fingerprint density at radius 2 is 1.69 bits per heavy atom. The van der Waals surface area contributed by atoms with E-state index in [1.807, 2.05) is 24.4 Å². The van der Waals surface area contributed by atoms with Crippen LogP contribution in [0.5, 0.6) is 0 Å². The Kier molecular flexibility index (Phi) is 5.21. The molecule has 1 saturated heterocycles. The van der Waals surface area contributed by atoms with Crippen molar-refractivity contribution >= 4 is 11.6 Å². The maximum Gasteiger partial charge on any atom is 0.256 e. The summed E-state index contributed by atoms with van der Waals surface area (Å²) in [5, 5.41) is 0. The van der Waals surface area contributed by atoms with Crippen molar-refractivity contribution in [3.8, 4) is 0 Å². The van der Waals surface area contributed by atoms with Crippen LogP contribution in [-0.4, -0.2) is 84.5 Å². The number of carbonyl (C=O) groups excluding carboxylic acids is 1. The second kappa shape index (κ2) is 8.13. The fraction of sp³-hybridized carbons (Fsp3) is 0.478. The van der Waals surface area contributed by atoms with E-state index >= 15 is 0 Å². The topological polar surface area (TPSA) is 42.9 Å². The van der Waals surface area contributed by atoms with E-state index in [9.17, 15) is 4.79 Å². The summed E-state index contributed by atoms with van der Waals surface area (Å²) in [6, 6.07) is 12.3. The molecule has 0 atom stereocenters. The standard InChI is InChI=1S/C23H29N5O/c29-23-21-6-3-4-19-7-9-27(22(19)21)16-17-28(23)15-14-25-10-12-26(13-11-25)18-20-5-1-2-8-24-20/h1-6,8H,7,9-18H2. The van der Waals surface area contributed by atoms with E-state index in [0.717, 1.165) is 83.1 Å². The van der Waals surface area contributed by atoms with Crippen molar-refractivity contribution in [3.63, 3.8) is 0 Å². The highest BCUT2D eigenvalue weighted by atomic mass is 16.2. The number of para-hydroxylation sites is 1. The third kappa shape index (κ3) is 3.87. The van der Waals surface area contributed by atoms with Gasteiger partial charge in [0.1, 0.15) is 0 Å². The zero-order valence-electron chi connectivity index (χ0n) is 17.0. The third-order valence-corrected chi connectivity index (χ3v) is 6.51. The first-order valence-electron chi connectivity index (χ1n) is 10.8. The monoisotopic (exact) mass is 391 g/mol. The molecule has 4 heterocycles. The van der Waals surface area contributed by atoms with E-state index in [-0.39, 0.29) is 5.91 Å². The number of benzene rings is 1. The molecule has 152 valence electrons. The molecule has 6 heteroatoms. The fourth-order valence-corrected chi connectivity index (χ4v) is 4.81. The highest BCUT2D eigenvalue weighted by Crippen LogP contribution is 2.34. The zero-order valence-corrected chi connectivity index (χ0v) is 17.0. The molecule has 0 radical (unpaired) electrons. The van der Waals surface area contributed by atoms with E-state index < -0.39 is 0 Å². The van der Waals surface area contributed by atoms with Crippen LogP contribution in [0.3, 0.4) is 0 Å². The number of anilines is 1. The lowest BCUT2D eigenvalue weighted by Gasteiger charge is -2.35. The molecule has 5 rings (SSSR count). The summed E-state index contributed by atoms with van der Waals surface area (Å²) in [4.78, 5) is 27.0. The van der Waals surface area contributed by atoms with Gasteiger partial charge < -0.3 is 9.80 Å². The van der Waals surface area contributed by atoms with Gasteiger partial charge in [0.25, 0.3) is 5.91 Å². The highest BCUT2D eigenvalue weighted by molar-refractivity contribution is 6.01. The van der Waals surface area contributed by atoms with Gasteiger partial charge in [0, 0.05) is 71.6 Å². The minimum Gasteiger partial charge on any atom is -0.369 e. The van der Waals surface area contributed by atoms with E-state index in [0.29, 0.717) is 0 Å². The van der Waals surface area contributed by atoms with E-state index in [4.69, 9.17) is 0 Å². The van der Waals surface area contributed by atoms with Gasteiger partial charge in [-0.2, -0.15) is 0 Å². The average molecular weight is 392 g/mol. The summed E-state index contributed by atoms with van der Waals surface area (Å²) in [5.41, 5.74) is 4.57. The van der Waals surface area contributed by atoms with Crippen molar-refractivity contribution in [2.24, 2.45) is 0 Å². The normalized spacial score (nSPS) is 20.1. The van der Waals surface area contributed by atoms with Crippen LogP contribution < -0.4 is 4.90 Å². The number of hydrogen-bond acceptors (Lipinski definition) is 5. The van der Waals surface area contributed by atoms with Crippen LogP contribution in [0.4, 0.5) is 5.69 Å². The van der Waals surface area contributed by atoms with E-state index in [1.165, 1.54) is 11.3 Å². The Hall–Kier alpha value is -2.44. The van der Waals surface area contributed by atoms with Gasteiger partial charge in [-0.1, -0.05) is 18.2 Å². The number of pyridine rings is 1. The summed E-state index contributed by atoms with van der Waals surface area (Å²) in [6.07, 6.45) is 2.93. The number of amides is 1. The first kappa shape index (κ1) is 18.6. The minimum atomic E-state index is 0.208. The second-order valence-corrected chi connectivity index (χ2v) is 8.28. The number of piperazine rings is 1.